The molecule has 11 aromatic rings. The van der Waals surface area contributed by atoms with E-state index < -0.39 is 4.92 Å². The highest BCUT2D eigenvalue weighted by Crippen LogP contribution is 2.46. The van der Waals surface area contributed by atoms with Gasteiger partial charge >= 0.3 is 0 Å². The number of fused-ring (bicyclic) bond motifs is 5. The lowest BCUT2D eigenvalue weighted by atomic mass is 10.1. The smallest absolute Gasteiger partial charge is 0.293 e. The maximum absolute atomic E-state index is 12.4. The van der Waals surface area contributed by atoms with Gasteiger partial charge in [-0.1, -0.05) is 59.8 Å². The van der Waals surface area contributed by atoms with Crippen LogP contribution in [0.15, 0.2) is 256 Å². The number of nitro groups is 1. The van der Waals surface area contributed by atoms with Crippen molar-refractivity contribution in [3.63, 3.8) is 0 Å². The number of aliphatic imine (C=N–C) groups is 4. The Balaban J connectivity index is 0.000000134. The number of amides is 10. The molecule has 10 amide bonds. The average molecular weight is 2130 g/mol. The molecule has 6 aromatic heterocycles. The van der Waals surface area contributed by atoms with Gasteiger partial charge in [-0.25, -0.2) is 25.0 Å². The van der Waals surface area contributed by atoms with Gasteiger partial charge in [-0.2, -0.15) is 0 Å². The monoisotopic (exact) mass is 2130 g/mol. The van der Waals surface area contributed by atoms with Crippen LogP contribution in [0.4, 0.5) is 52.4 Å². The van der Waals surface area contributed by atoms with Crippen LogP contribution in [0.3, 0.4) is 0 Å². The van der Waals surface area contributed by atoms with Crippen molar-refractivity contribution in [2.24, 2.45) is 25.7 Å². The third-order valence-electron chi connectivity index (χ3n) is 21.7. The number of imidazole rings is 1. The fourth-order valence-electron chi connectivity index (χ4n) is 15.1. The maximum Gasteiger partial charge on any atom is 0.293 e. The number of nitrogens with two attached hydrogens (primary N) is 1. The number of non-ortho nitro benzene ring substituents is 1. The van der Waals surface area contributed by atoms with E-state index in [1.165, 1.54) is 100 Å². The number of furan rings is 4. The quantitative estimate of drug-likeness (QED) is 0.0302. The van der Waals surface area contributed by atoms with E-state index in [9.17, 15) is 62.9 Å². The van der Waals surface area contributed by atoms with E-state index in [-0.39, 0.29) is 110 Å². The number of Topliss-reactive ketones (excluding diaryl/α,β-unsaturated/α-hetero) is 1. The lowest BCUT2D eigenvalue weighted by Gasteiger charge is -2.16. The molecule has 2 N–H and O–H groups in total. The number of carbonyl (C=O) groups excluding carboxylic acids is 11. The maximum atomic E-state index is 12.4. The Morgan fingerprint density at radius 1 is 0.430 bits per heavy atom. The summed E-state index contributed by atoms with van der Waals surface area (Å²) in [5.74, 6) is 0.723. The van der Waals surface area contributed by atoms with Crippen LogP contribution >= 0.6 is 141 Å². The summed E-state index contributed by atoms with van der Waals surface area (Å²) < 4.78 is 26.5. The van der Waals surface area contributed by atoms with Gasteiger partial charge in [-0.3, -0.25) is 87.4 Å². The summed E-state index contributed by atoms with van der Waals surface area (Å²) in [4.78, 5) is 176. The molecule has 5 aromatic carbocycles. The number of nitro benzene ring substituents is 1. The van der Waals surface area contributed by atoms with E-state index in [4.69, 9.17) is 28.4 Å². The van der Waals surface area contributed by atoms with Crippen molar-refractivity contribution in [2.75, 3.05) is 6.54 Å². The number of benzene rings is 5. The number of thiophene rings is 1. The number of imide groups is 5. The van der Waals surface area contributed by atoms with Gasteiger partial charge in [0.2, 0.25) is 0 Å². The number of hydrogen-bond donors (Lipinski definition) is 1. The third-order valence-corrected chi connectivity index (χ3v) is 31.8. The highest BCUT2D eigenvalue weighted by atomic mass is 35.5. The highest BCUT2D eigenvalue weighted by molar-refractivity contribution is 8.20. The number of rotatable bonds is 21. The van der Waals surface area contributed by atoms with Gasteiger partial charge < -0.3 is 28.0 Å². The Bertz CT molecular complexity index is 7090. The Morgan fingerprint density at radius 3 is 1.20 bits per heavy atom. The third kappa shape index (κ3) is 24.7. The predicted octanol–water partition coefficient (Wildman–Crippen LogP) is 26.3. The predicted molar refractivity (Wildman–Crippen MR) is 572 cm³/mol. The zero-order chi connectivity index (χ0) is 100. The number of nitrogens with zero attached hydrogens (tertiary/aromatic N) is 12. The van der Waals surface area contributed by atoms with E-state index >= 15 is 0 Å². The Kier molecular flexibility index (Phi) is 33.8. The molecular weight excluding hydrogens is 2040 g/mol. The standard InChI is InChI=1S/C21H22N4O3S2.C21H18N2O4S2.C20H18N2O3S2.C19H15N3O5S2.C19H16N2O2S3.ClH/c1-13(2)25-19(26)17(29-21(25)27)12-14-8-9-18(28-14)30-20-23-15-6-3-4-7-16(15)24(20)11-5-10-22;1-11(2)23-20(25)17(28-21(23)26)10-15-5-7-19(27-15)29-18-9-14-8-13(12(3)24)4-6-16(14)22-18;1-11(2)22-19(23)16(26-20(22)24)10-14-5-7-18(25-14)27-17-9-13-8-12(3)4-6-15(13)21-17;1-10(2)21-18(23)15(28-19(21)24)9-13-4-6-17(27-13)29-16-8-11-7-12(22(25)26)3-5-14(11)20-16;1-11(2)21-18(22)15(25-19(21)23)10-13-7-8-17(24-13)26-16-9-12-5-3-4-6-14(12)20-16;/h3-4,6-9,12-13H,5,10-11,22H2,1-2H3;4-8,10-11H,9H2,1-3H3;4-8,10-11H,9H2,1-3H3;3-7,9-10H,8H2,1-2H3;3-8,10-11H,9H2,1-2H3;1H/b17-12-;17-10-;16-10-;15-9-;15-10-;. The van der Waals surface area contributed by atoms with Gasteiger partial charge in [0.15, 0.2) is 31.3 Å². The molecular formula is C100H90ClN13O17S11. The molecule has 0 aliphatic carbocycles. The topological polar surface area (TPSA) is 393 Å². The minimum Gasteiger partial charge on any atom is -0.450 e. The first-order chi connectivity index (χ1) is 67.5. The van der Waals surface area contributed by atoms with E-state index in [0.717, 1.165) is 158 Å². The van der Waals surface area contributed by atoms with Crippen LogP contribution in [0.2, 0.25) is 0 Å². The molecule has 9 aliphatic heterocycles. The Morgan fingerprint density at radius 2 is 0.796 bits per heavy atom. The molecule has 5 saturated heterocycles. The summed E-state index contributed by atoms with van der Waals surface area (Å²) in [7, 11) is 0. The molecule has 730 valence electrons. The minimum absolute atomic E-state index is 0. The summed E-state index contributed by atoms with van der Waals surface area (Å²) in [5.41, 5.74) is 17.6. The van der Waals surface area contributed by atoms with Crippen molar-refractivity contribution >= 4 is 293 Å². The number of aromatic nitrogens is 2. The van der Waals surface area contributed by atoms with Crippen molar-refractivity contribution in [2.45, 2.75) is 182 Å². The SMILES string of the molecule is CC(=O)c1ccc2c(c1)CC(Sc1ccc(/C=C3\SC(=O)N(C(C)C)C3=O)o1)=N2.CC(C)N1C(=O)S/C(=C\c2ccc(SC3=Nc4ccc([N+](=O)[O-])cc4C3)o2)C1=O.CC(C)N1C(=O)S/C(=C\c2ccc(SC3=Nc4ccccc4C3)s2)C1=O.CC(C)N1C(=O)S/C(=C\c2ccc(Sc3nc4ccccc4n3CCCN)o2)C1=O.Cc1ccc2c(c1)CC(Sc1ccc(/C=C3\SC(=O)N(C(C)C)C3=O)o1)=N2.Cl. The number of para-hydroxylation sites is 3. The Hall–Kier alpha value is -11.7. The average Bonchev–Trinajstić information content (AvgIpc) is 1.69. The summed E-state index contributed by atoms with van der Waals surface area (Å²) in [6, 6.07) is 50.1. The molecule has 142 heavy (non-hydrogen) atoms. The second-order valence-electron chi connectivity index (χ2n) is 33.7. The van der Waals surface area contributed by atoms with Crippen LogP contribution in [0.5, 0.6) is 0 Å². The van der Waals surface area contributed by atoms with Gasteiger partial charge in [-0.15, -0.1) is 23.7 Å². The second kappa shape index (κ2) is 45.9. The molecule has 42 heteroatoms. The zero-order valence-electron chi connectivity index (χ0n) is 78.1. The number of thioether (sulfide) groups is 9. The van der Waals surface area contributed by atoms with Crippen molar-refractivity contribution in [3.05, 3.63) is 260 Å². The number of aryl methyl sites for hydroxylation is 2. The molecule has 0 atom stereocenters. The minimum atomic E-state index is -0.425. The van der Waals surface area contributed by atoms with Gasteiger partial charge in [0.1, 0.15) is 23.0 Å². The van der Waals surface area contributed by atoms with Crippen LogP contribution < -0.4 is 5.73 Å². The summed E-state index contributed by atoms with van der Waals surface area (Å²) in [6.07, 6.45) is 11.9. The van der Waals surface area contributed by atoms with Crippen LogP contribution in [-0.4, -0.2) is 157 Å². The lowest BCUT2D eigenvalue weighted by molar-refractivity contribution is -0.384. The Labute approximate surface area is 868 Å². The van der Waals surface area contributed by atoms with Crippen LogP contribution in [-0.2, 0) is 56.2 Å². The molecule has 20 rings (SSSR count). The molecule has 5 fully saturated rings. The lowest BCUT2D eigenvalue weighted by Crippen LogP contribution is -2.34. The van der Waals surface area contributed by atoms with Gasteiger partial charge in [-0.05, 0) is 339 Å². The molecule has 0 bridgehead atoms. The molecule has 0 unspecified atom stereocenters. The van der Waals surface area contributed by atoms with Crippen molar-refractivity contribution in [3.8, 4) is 0 Å². The molecule has 15 heterocycles. The van der Waals surface area contributed by atoms with Crippen molar-refractivity contribution in [1.82, 2.24) is 34.1 Å². The van der Waals surface area contributed by atoms with E-state index in [1.54, 1.807) is 124 Å². The van der Waals surface area contributed by atoms with E-state index in [0.29, 0.717) is 98.6 Å². The first-order valence-corrected chi connectivity index (χ1v) is 53.3. The molecule has 0 saturated carbocycles. The van der Waals surface area contributed by atoms with Crippen LogP contribution in [0, 0.1) is 17.0 Å². The van der Waals surface area contributed by atoms with Crippen LogP contribution in [0.25, 0.3) is 41.4 Å². The van der Waals surface area contributed by atoms with Gasteiger partial charge in [0.25, 0.3) is 61.4 Å². The fraction of sp³-hybridized carbons (Fsp3) is 0.240. The van der Waals surface area contributed by atoms with Crippen molar-refractivity contribution < 1.29 is 75.3 Å². The normalized spacial score (nSPS) is 17.3. The van der Waals surface area contributed by atoms with Crippen molar-refractivity contribution in [1.29, 1.82) is 0 Å². The number of carbonyl (C=O) groups is 11. The molecule has 0 radical (unpaired) electrons. The number of hydrogen-bond acceptors (Lipinski definition) is 34. The van der Waals surface area contributed by atoms with Gasteiger partial charge in [0.05, 0.1) is 87.6 Å². The van der Waals surface area contributed by atoms with Gasteiger partial charge in [0, 0.05) is 109 Å². The highest BCUT2D eigenvalue weighted by Gasteiger charge is 2.42. The fourth-order valence-corrected chi connectivity index (χ4v) is 25.6. The second-order valence-corrected chi connectivity index (χ2v) is 45.3. The number of ketones is 1. The molecule has 0 spiro atoms. The largest absolute Gasteiger partial charge is 0.450 e. The summed E-state index contributed by atoms with van der Waals surface area (Å²) >= 11 is 13.6. The first kappa shape index (κ1) is 105. The van der Waals surface area contributed by atoms with E-state index in [1.807, 2.05) is 139 Å². The van der Waals surface area contributed by atoms with E-state index in [2.05, 4.69) is 49.7 Å². The molecule has 9 aliphatic rings. The molecule has 30 nitrogen and oxygen atoms in total. The first-order valence-electron chi connectivity index (χ1n) is 44.3. The number of halogens is 1. The summed E-state index contributed by atoms with van der Waals surface area (Å²) in [6.45, 7) is 23.2. The summed E-state index contributed by atoms with van der Waals surface area (Å²) in [5, 5.41) is 16.8. The van der Waals surface area contributed by atoms with Crippen LogP contribution in [0.1, 0.15) is 149 Å². The zero-order valence-corrected chi connectivity index (χ0v) is 87.9.